The summed E-state index contributed by atoms with van der Waals surface area (Å²) in [6.07, 6.45) is 3.08. The second-order valence-corrected chi connectivity index (χ2v) is 8.64. The standard InChI is InChI=1S/C17H18ClN3OS2/c1-2-21(9-11-6-7-15(18)23-11)10-16(22)20-17-13(8-19)12-4-3-5-14(12)24-17/h6-7H,2-5,9-10H2,1H3,(H,20,22). The summed E-state index contributed by atoms with van der Waals surface area (Å²) in [6.45, 7) is 3.81. The van der Waals surface area contributed by atoms with Crippen molar-refractivity contribution in [1.82, 2.24) is 4.90 Å². The van der Waals surface area contributed by atoms with Crippen LogP contribution in [-0.2, 0) is 24.2 Å². The molecule has 1 N–H and O–H groups in total. The van der Waals surface area contributed by atoms with Crippen LogP contribution < -0.4 is 5.32 Å². The van der Waals surface area contributed by atoms with Gasteiger partial charge in [-0.2, -0.15) is 5.26 Å². The molecule has 2 heterocycles. The largest absolute Gasteiger partial charge is 0.315 e. The summed E-state index contributed by atoms with van der Waals surface area (Å²) in [6, 6.07) is 6.13. The molecule has 24 heavy (non-hydrogen) atoms. The molecule has 0 bridgehead atoms. The summed E-state index contributed by atoms with van der Waals surface area (Å²) in [5, 5.41) is 13.0. The molecule has 2 aromatic rings. The van der Waals surface area contributed by atoms with Gasteiger partial charge in [-0.05, 0) is 43.5 Å². The molecular weight excluding hydrogens is 362 g/mol. The van der Waals surface area contributed by atoms with E-state index in [9.17, 15) is 10.1 Å². The van der Waals surface area contributed by atoms with Crippen molar-refractivity contribution in [3.63, 3.8) is 0 Å². The van der Waals surface area contributed by atoms with Gasteiger partial charge in [0.15, 0.2) is 0 Å². The van der Waals surface area contributed by atoms with E-state index in [1.54, 1.807) is 11.3 Å². The number of fused-ring (bicyclic) bond motifs is 1. The third-order valence-electron chi connectivity index (χ3n) is 4.11. The summed E-state index contributed by atoms with van der Waals surface area (Å²) in [5.74, 6) is -0.0732. The summed E-state index contributed by atoms with van der Waals surface area (Å²) < 4.78 is 0.761. The Hall–Kier alpha value is -1.39. The van der Waals surface area contributed by atoms with Gasteiger partial charge in [0.05, 0.1) is 16.4 Å². The number of likely N-dealkylation sites (N-methyl/N-ethyl adjacent to an activating group) is 1. The Kier molecular flexibility index (Phi) is 5.57. The zero-order chi connectivity index (χ0) is 17.1. The first-order chi connectivity index (χ1) is 11.6. The number of aryl methyl sites for hydroxylation is 1. The Morgan fingerprint density at radius 2 is 2.25 bits per heavy atom. The van der Waals surface area contributed by atoms with Crippen LogP contribution >= 0.6 is 34.3 Å². The summed E-state index contributed by atoms with van der Waals surface area (Å²) in [4.78, 5) is 16.8. The van der Waals surface area contributed by atoms with Gasteiger partial charge in [0.2, 0.25) is 5.91 Å². The lowest BCUT2D eigenvalue weighted by Crippen LogP contribution is -2.32. The molecule has 2 aromatic heterocycles. The minimum atomic E-state index is -0.0732. The number of hydrogen-bond acceptors (Lipinski definition) is 5. The van der Waals surface area contributed by atoms with Gasteiger partial charge < -0.3 is 5.32 Å². The topological polar surface area (TPSA) is 56.1 Å². The molecule has 0 fully saturated rings. The Bertz CT molecular complexity index is 790. The fourth-order valence-corrected chi connectivity index (χ4v) is 5.30. The molecule has 7 heteroatoms. The van der Waals surface area contributed by atoms with Crippen molar-refractivity contribution in [1.29, 1.82) is 5.26 Å². The Balaban J connectivity index is 1.63. The van der Waals surface area contributed by atoms with Crippen LogP contribution in [0.15, 0.2) is 12.1 Å². The van der Waals surface area contributed by atoms with Crippen LogP contribution in [0.5, 0.6) is 0 Å². The number of hydrogen-bond donors (Lipinski definition) is 1. The number of nitrogens with zero attached hydrogens (tertiary/aromatic N) is 2. The van der Waals surface area contributed by atoms with Crippen LogP contribution in [-0.4, -0.2) is 23.9 Å². The molecule has 1 aliphatic rings. The van der Waals surface area contributed by atoms with Crippen molar-refractivity contribution in [3.05, 3.63) is 37.4 Å². The van der Waals surface area contributed by atoms with Gasteiger partial charge in [0, 0.05) is 16.3 Å². The van der Waals surface area contributed by atoms with Crippen LogP contribution in [0.4, 0.5) is 5.00 Å². The second kappa shape index (κ2) is 7.66. The van der Waals surface area contributed by atoms with Crippen molar-refractivity contribution < 1.29 is 4.79 Å². The number of nitriles is 1. The molecule has 1 aliphatic carbocycles. The molecule has 4 nitrogen and oxygen atoms in total. The van der Waals surface area contributed by atoms with Crippen molar-refractivity contribution in [2.45, 2.75) is 32.7 Å². The highest BCUT2D eigenvalue weighted by Gasteiger charge is 2.23. The highest BCUT2D eigenvalue weighted by atomic mass is 35.5. The van der Waals surface area contributed by atoms with E-state index in [0.29, 0.717) is 23.7 Å². The van der Waals surface area contributed by atoms with Crippen molar-refractivity contribution in [2.75, 3.05) is 18.4 Å². The minimum absolute atomic E-state index is 0.0732. The lowest BCUT2D eigenvalue weighted by molar-refractivity contribution is -0.117. The molecule has 0 unspecified atom stereocenters. The predicted octanol–water partition coefficient (Wildman–Crippen LogP) is 4.28. The van der Waals surface area contributed by atoms with Gasteiger partial charge in [0.1, 0.15) is 11.1 Å². The number of nitrogens with one attached hydrogen (secondary N) is 1. The van der Waals surface area contributed by atoms with Gasteiger partial charge in [-0.3, -0.25) is 9.69 Å². The van der Waals surface area contributed by atoms with E-state index in [2.05, 4.69) is 16.3 Å². The molecule has 126 valence electrons. The molecular formula is C17H18ClN3OS2. The summed E-state index contributed by atoms with van der Waals surface area (Å²) >= 11 is 9.05. The second-order valence-electron chi connectivity index (χ2n) is 5.73. The van der Waals surface area contributed by atoms with Crippen LogP contribution in [0.2, 0.25) is 4.34 Å². The predicted molar refractivity (Wildman–Crippen MR) is 100.0 cm³/mol. The first-order valence-corrected chi connectivity index (χ1v) is 9.92. The number of thiophene rings is 2. The monoisotopic (exact) mass is 379 g/mol. The number of amides is 1. The smallest absolute Gasteiger partial charge is 0.239 e. The molecule has 0 radical (unpaired) electrons. The quantitative estimate of drug-likeness (QED) is 0.814. The van der Waals surface area contributed by atoms with E-state index >= 15 is 0 Å². The number of carbonyl (C=O) groups excluding carboxylic acids is 1. The highest BCUT2D eigenvalue weighted by Crippen LogP contribution is 2.38. The molecule has 1 amide bonds. The molecule has 0 aliphatic heterocycles. The third-order valence-corrected chi connectivity index (χ3v) is 6.53. The zero-order valence-electron chi connectivity index (χ0n) is 13.4. The van der Waals surface area contributed by atoms with Crippen molar-refractivity contribution >= 4 is 45.2 Å². The molecule has 3 rings (SSSR count). The molecule has 0 saturated heterocycles. The Morgan fingerprint density at radius 1 is 1.42 bits per heavy atom. The third kappa shape index (κ3) is 3.81. The average molecular weight is 380 g/mol. The fraction of sp³-hybridized carbons (Fsp3) is 0.412. The average Bonchev–Trinajstić information content (AvgIpc) is 3.22. The van der Waals surface area contributed by atoms with E-state index in [4.69, 9.17) is 11.6 Å². The van der Waals surface area contributed by atoms with Crippen LogP contribution in [0.25, 0.3) is 0 Å². The maximum Gasteiger partial charge on any atom is 0.239 e. The normalized spacial score (nSPS) is 13.1. The van der Waals surface area contributed by atoms with Gasteiger partial charge in [-0.15, -0.1) is 22.7 Å². The van der Waals surface area contributed by atoms with Gasteiger partial charge in [0.25, 0.3) is 0 Å². The SMILES string of the molecule is CCN(CC(=O)Nc1sc2c(c1C#N)CCC2)Cc1ccc(Cl)s1. The maximum atomic E-state index is 12.4. The lowest BCUT2D eigenvalue weighted by Gasteiger charge is -2.18. The van der Waals surface area contributed by atoms with E-state index in [0.717, 1.165) is 40.6 Å². The molecule has 0 spiro atoms. The van der Waals surface area contributed by atoms with Crippen LogP contribution in [0.3, 0.4) is 0 Å². The van der Waals surface area contributed by atoms with Gasteiger partial charge in [-0.25, -0.2) is 0 Å². The first kappa shape index (κ1) is 17.4. The van der Waals surface area contributed by atoms with E-state index in [-0.39, 0.29) is 5.91 Å². The van der Waals surface area contributed by atoms with E-state index in [1.807, 2.05) is 19.1 Å². The van der Waals surface area contributed by atoms with E-state index in [1.165, 1.54) is 16.2 Å². The van der Waals surface area contributed by atoms with Gasteiger partial charge >= 0.3 is 0 Å². The number of carbonyl (C=O) groups is 1. The number of halogens is 1. The van der Waals surface area contributed by atoms with Crippen molar-refractivity contribution in [3.8, 4) is 6.07 Å². The maximum absolute atomic E-state index is 12.4. The van der Waals surface area contributed by atoms with Gasteiger partial charge in [-0.1, -0.05) is 18.5 Å². The molecule has 0 atom stereocenters. The minimum Gasteiger partial charge on any atom is -0.315 e. The lowest BCUT2D eigenvalue weighted by atomic mass is 10.1. The van der Waals surface area contributed by atoms with E-state index < -0.39 is 0 Å². The summed E-state index contributed by atoms with van der Waals surface area (Å²) in [7, 11) is 0. The Labute approximate surface area is 154 Å². The molecule has 0 aromatic carbocycles. The highest BCUT2D eigenvalue weighted by molar-refractivity contribution is 7.17. The van der Waals surface area contributed by atoms with Crippen LogP contribution in [0, 0.1) is 11.3 Å². The summed E-state index contributed by atoms with van der Waals surface area (Å²) in [5.41, 5.74) is 1.80. The van der Waals surface area contributed by atoms with Crippen LogP contribution in [0.1, 0.15) is 34.2 Å². The van der Waals surface area contributed by atoms with Crippen molar-refractivity contribution in [2.24, 2.45) is 0 Å². The Morgan fingerprint density at radius 3 is 2.92 bits per heavy atom. The zero-order valence-corrected chi connectivity index (χ0v) is 15.8. The number of anilines is 1. The molecule has 0 saturated carbocycles. The number of rotatable bonds is 6. The first-order valence-electron chi connectivity index (χ1n) is 7.91. The fourth-order valence-electron chi connectivity index (χ4n) is 2.92.